The number of rotatable bonds is 4. The molecule has 0 aromatic heterocycles. The summed E-state index contributed by atoms with van der Waals surface area (Å²) in [6.45, 7) is 3.18. The minimum Gasteiger partial charge on any atom is -0.381 e. The molecule has 0 aliphatic carbocycles. The third-order valence-corrected chi connectivity index (χ3v) is 0.936. The average Bonchev–Trinajstić information content (AvgIpc) is 1.81. The van der Waals surface area contributed by atoms with Gasteiger partial charge < -0.3 is 5.11 Å². The summed E-state index contributed by atoms with van der Waals surface area (Å²) in [4.78, 5) is 3.43. The maximum Gasteiger partial charge on any atom is 0.102 e. The highest BCUT2D eigenvalue weighted by molar-refractivity contribution is 8.00. The lowest BCUT2D eigenvalue weighted by molar-refractivity contribution is 0.293. The van der Waals surface area contributed by atoms with E-state index in [2.05, 4.69) is 16.4 Å². The molecule has 0 radical (unpaired) electrons. The topological polar surface area (TPSA) is 44.6 Å². The quantitative estimate of drug-likeness (QED) is 0.251. The van der Waals surface area contributed by atoms with Crippen LogP contribution in [0, 0.1) is 0 Å². The van der Waals surface area contributed by atoms with E-state index in [-0.39, 0.29) is 6.73 Å². The number of nitrogens with one attached hydrogen (secondary N) is 1. The minimum atomic E-state index is -0.0356. The van der Waals surface area contributed by atoms with E-state index >= 15 is 0 Å². The summed E-state index contributed by atoms with van der Waals surface area (Å²) in [5.74, 6) is 0. The Balaban J connectivity index is 2.91. The van der Waals surface area contributed by atoms with Gasteiger partial charge in [-0.25, -0.2) is 4.72 Å². The third-order valence-electron chi connectivity index (χ3n) is 0.382. The van der Waals surface area contributed by atoms with Crippen LogP contribution in [0.1, 0.15) is 0 Å². The van der Waals surface area contributed by atoms with Crippen molar-refractivity contribution in [2.24, 2.45) is 4.99 Å². The summed E-state index contributed by atoms with van der Waals surface area (Å²) in [5, 5.41) is 9.84. The van der Waals surface area contributed by atoms with Gasteiger partial charge >= 0.3 is 0 Å². The highest BCUT2D eigenvalue weighted by Crippen LogP contribution is 1.92. The van der Waals surface area contributed by atoms with Crippen molar-refractivity contribution in [3.63, 3.8) is 0 Å². The van der Waals surface area contributed by atoms with Crippen LogP contribution in [0.4, 0.5) is 0 Å². The zero-order chi connectivity index (χ0) is 6.24. The molecule has 0 spiro atoms. The predicted octanol–water partition coefficient (Wildman–Crippen LogP) is 0.346. The molecule has 4 heteroatoms. The SMILES string of the molecule is C=N/C=C\SNCO. The highest BCUT2D eigenvalue weighted by atomic mass is 32.2. The first-order chi connectivity index (χ1) is 3.91. The predicted molar refractivity (Wildman–Crippen MR) is 36.5 cm³/mol. The Morgan fingerprint density at radius 2 is 2.62 bits per heavy atom. The van der Waals surface area contributed by atoms with Crippen molar-refractivity contribution in [2.75, 3.05) is 6.73 Å². The second kappa shape index (κ2) is 6.68. The van der Waals surface area contributed by atoms with E-state index < -0.39 is 0 Å². The van der Waals surface area contributed by atoms with E-state index in [1.165, 1.54) is 18.1 Å². The van der Waals surface area contributed by atoms with Gasteiger partial charge in [0.1, 0.15) is 6.73 Å². The number of hydrogen-bond donors (Lipinski definition) is 2. The molecular formula is C4H8N2OS. The van der Waals surface area contributed by atoms with E-state index in [4.69, 9.17) is 5.11 Å². The molecule has 0 saturated carbocycles. The molecule has 0 rings (SSSR count). The van der Waals surface area contributed by atoms with Gasteiger partial charge in [0, 0.05) is 11.6 Å². The standard InChI is InChI=1S/C4H8N2OS/c1-5-2-3-8-6-4-7/h2-3,6-7H,1,4H2/b3-2-. The summed E-state index contributed by atoms with van der Waals surface area (Å²) in [7, 11) is 0. The first-order valence-corrected chi connectivity index (χ1v) is 2.90. The van der Waals surface area contributed by atoms with Gasteiger partial charge in [0.2, 0.25) is 0 Å². The third kappa shape index (κ3) is 5.68. The van der Waals surface area contributed by atoms with Crippen LogP contribution in [0.25, 0.3) is 0 Å². The molecule has 3 nitrogen and oxygen atoms in total. The molecule has 0 aromatic rings. The Hall–Kier alpha value is -0.320. The van der Waals surface area contributed by atoms with Crippen molar-refractivity contribution >= 4 is 18.7 Å². The summed E-state index contributed by atoms with van der Waals surface area (Å²) >= 11 is 1.26. The summed E-state index contributed by atoms with van der Waals surface area (Å²) in [5.41, 5.74) is 0. The molecular weight excluding hydrogens is 124 g/mol. The van der Waals surface area contributed by atoms with Gasteiger partial charge in [0.05, 0.1) is 0 Å². The molecule has 0 amide bonds. The van der Waals surface area contributed by atoms with Crippen molar-refractivity contribution in [1.29, 1.82) is 0 Å². The molecule has 0 fully saturated rings. The Labute approximate surface area is 52.6 Å². The minimum absolute atomic E-state index is 0.0356. The van der Waals surface area contributed by atoms with Crippen LogP contribution in [-0.4, -0.2) is 18.6 Å². The van der Waals surface area contributed by atoms with Crippen molar-refractivity contribution in [3.8, 4) is 0 Å². The average molecular weight is 132 g/mol. The molecule has 0 aromatic carbocycles. The van der Waals surface area contributed by atoms with Crippen molar-refractivity contribution in [1.82, 2.24) is 4.72 Å². The Bertz CT molecular complexity index is 84.1. The zero-order valence-electron chi connectivity index (χ0n) is 4.37. The highest BCUT2D eigenvalue weighted by Gasteiger charge is 1.71. The van der Waals surface area contributed by atoms with Crippen molar-refractivity contribution in [2.45, 2.75) is 0 Å². The lowest BCUT2D eigenvalue weighted by Gasteiger charge is -1.88. The van der Waals surface area contributed by atoms with Gasteiger partial charge in [-0.05, 0) is 18.7 Å². The fourth-order valence-electron chi connectivity index (χ4n) is 0.159. The Morgan fingerprint density at radius 1 is 1.88 bits per heavy atom. The Morgan fingerprint density at radius 3 is 3.12 bits per heavy atom. The van der Waals surface area contributed by atoms with Gasteiger partial charge in [-0.15, -0.1) is 0 Å². The smallest absolute Gasteiger partial charge is 0.102 e. The van der Waals surface area contributed by atoms with Crippen molar-refractivity contribution < 1.29 is 5.11 Å². The van der Waals surface area contributed by atoms with Gasteiger partial charge in [0.25, 0.3) is 0 Å². The van der Waals surface area contributed by atoms with Gasteiger partial charge in [-0.3, -0.25) is 4.99 Å². The number of hydrogen-bond acceptors (Lipinski definition) is 4. The lowest BCUT2D eigenvalue weighted by atomic mass is 11.1. The summed E-state index contributed by atoms with van der Waals surface area (Å²) in [6.07, 6.45) is 1.54. The molecule has 0 heterocycles. The second-order valence-corrected chi connectivity index (χ2v) is 1.68. The van der Waals surface area contributed by atoms with Crippen molar-refractivity contribution in [3.05, 3.63) is 11.6 Å². The van der Waals surface area contributed by atoms with E-state index in [0.29, 0.717) is 0 Å². The molecule has 0 aliphatic rings. The Kier molecular flexibility index (Phi) is 6.41. The van der Waals surface area contributed by atoms with Crippen LogP contribution in [0.5, 0.6) is 0 Å². The largest absolute Gasteiger partial charge is 0.381 e. The van der Waals surface area contributed by atoms with Gasteiger partial charge in [-0.2, -0.15) is 0 Å². The van der Waals surface area contributed by atoms with Gasteiger partial charge in [0.15, 0.2) is 0 Å². The van der Waals surface area contributed by atoms with Crippen LogP contribution in [0.15, 0.2) is 16.6 Å². The molecule has 0 unspecified atom stereocenters. The number of aliphatic hydroxyl groups is 1. The molecule has 46 valence electrons. The first kappa shape index (κ1) is 7.68. The zero-order valence-corrected chi connectivity index (χ0v) is 5.19. The molecule has 2 N–H and O–H groups in total. The fourth-order valence-corrected chi connectivity index (χ4v) is 0.477. The van der Waals surface area contributed by atoms with Crippen LogP contribution >= 0.6 is 11.9 Å². The molecule has 0 atom stereocenters. The van der Waals surface area contributed by atoms with Crippen LogP contribution < -0.4 is 4.72 Å². The van der Waals surface area contributed by atoms with Crippen LogP contribution in [0.2, 0.25) is 0 Å². The van der Waals surface area contributed by atoms with Crippen LogP contribution in [0.3, 0.4) is 0 Å². The van der Waals surface area contributed by atoms with E-state index in [9.17, 15) is 0 Å². The molecule has 0 aliphatic heterocycles. The summed E-state index contributed by atoms with van der Waals surface area (Å²) < 4.78 is 2.58. The lowest BCUT2D eigenvalue weighted by Crippen LogP contribution is -2.00. The fraction of sp³-hybridized carbons (Fsp3) is 0.250. The number of aliphatic hydroxyl groups excluding tert-OH is 1. The van der Waals surface area contributed by atoms with Gasteiger partial charge in [-0.1, -0.05) is 0 Å². The molecule has 0 bridgehead atoms. The van der Waals surface area contributed by atoms with Crippen LogP contribution in [-0.2, 0) is 0 Å². The number of aliphatic imine (C=N–C) groups is 1. The monoisotopic (exact) mass is 132 g/mol. The van der Waals surface area contributed by atoms with E-state index in [0.717, 1.165) is 0 Å². The van der Waals surface area contributed by atoms with E-state index in [1.54, 1.807) is 5.41 Å². The maximum atomic E-state index is 8.15. The molecule has 0 saturated heterocycles. The maximum absolute atomic E-state index is 8.15. The normalized spacial score (nSPS) is 10.1. The second-order valence-electron chi connectivity index (χ2n) is 0.888. The summed E-state index contributed by atoms with van der Waals surface area (Å²) in [6, 6.07) is 0. The molecule has 8 heavy (non-hydrogen) atoms. The van der Waals surface area contributed by atoms with E-state index in [1.807, 2.05) is 0 Å². The number of nitrogens with zero attached hydrogens (tertiary/aromatic N) is 1. The first-order valence-electron chi connectivity index (χ1n) is 2.02.